The molecule has 0 saturated carbocycles. The number of hydrogen-bond acceptors (Lipinski definition) is 5. The molecule has 0 aliphatic carbocycles. The van der Waals surface area contributed by atoms with Gasteiger partial charge in [0.25, 0.3) is 5.91 Å². The number of nitrogens with one attached hydrogen (secondary N) is 1. The van der Waals surface area contributed by atoms with Crippen LogP contribution in [0, 0.1) is 11.3 Å². The smallest absolute Gasteiger partial charge is 0.254 e. The Kier molecular flexibility index (Phi) is 5.19. The molecule has 0 aliphatic rings. The van der Waals surface area contributed by atoms with Crippen LogP contribution < -0.4 is 14.9 Å². The standard InChI is InChI=1S/C12H13N3O3/c1-17-10-5-3-4-9(12(10)18-2)8-14-15-11(16)6-7-13/h3-5,8H,6H2,1-2H3,(H,15,16)/b14-8-. The highest BCUT2D eigenvalue weighted by atomic mass is 16.5. The predicted octanol–water partition coefficient (Wildman–Crippen LogP) is 1.07. The van der Waals surface area contributed by atoms with E-state index in [1.807, 2.05) is 0 Å². The molecule has 0 aliphatic heterocycles. The zero-order chi connectivity index (χ0) is 13.4. The Morgan fingerprint density at radius 1 is 1.50 bits per heavy atom. The molecular formula is C12H13N3O3. The van der Waals surface area contributed by atoms with Gasteiger partial charge in [-0.25, -0.2) is 5.43 Å². The largest absolute Gasteiger partial charge is 0.493 e. The minimum Gasteiger partial charge on any atom is -0.493 e. The zero-order valence-corrected chi connectivity index (χ0v) is 10.1. The van der Waals surface area contributed by atoms with E-state index in [-0.39, 0.29) is 6.42 Å². The first-order valence-corrected chi connectivity index (χ1v) is 5.12. The molecule has 1 aromatic rings. The van der Waals surface area contributed by atoms with E-state index in [1.165, 1.54) is 20.4 Å². The lowest BCUT2D eigenvalue weighted by Crippen LogP contribution is -2.16. The van der Waals surface area contributed by atoms with E-state index in [0.717, 1.165) is 0 Å². The Morgan fingerprint density at radius 3 is 2.89 bits per heavy atom. The number of amides is 1. The van der Waals surface area contributed by atoms with E-state index in [9.17, 15) is 4.79 Å². The number of para-hydroxylation sites is 1. The van der Waals surface area contributed by atoms with Crippen LogP contribution in [0.1, 0.15) is 12.0 Å². The lowest BCUT2D eigenvalue weighted by atomic mass is 10.2. The number of benzene rings is 1. The molecule has 18 heavy (non-hydrogen) atoms. The van der Waals surface area contributed by atoms with Crippen LogP contribution in [-0.2, 0) is 4.79 Å². The van der Waals surface area contributed by atoms with Crippen LogP contribution in [0.25, 0.3) is 0 Å². The summed E-state index contributed by atoms with van der Waals surface area (Å²) in [6.45, 7) is 0. The van der Waals surface area contributed by atoms with Gasteiger partial charge in [0, 0.05) is 5.56 Å². The van der Waals surface area contributed by atoms with E-state index in [0.29, 0.717) is 17.1 Å². The summed E-state index contributed by atoms with van der Waals surface area (Å²) in [5, 5.41) is 12.0. The summed E-state index contributed by atoms with van der Waals surface area (Å²) in [6, 6.07) is 7.02. The van der Waals surface area contributed by atoms with Crippen LogP contribution in [0.2, 0.25) is 0 Å². The van der Waals surface area contributed by atoms with Crippen LogP contribution in [-0.4, -0.2) is 26.3 Å². The van der Waals surface area contributed by atoms with Gasteiger partial charge < -0.3 is 9.47 Å². The van der Waals surface area contributed by atoms with Crippen molar-refractivity contribution >= 4 is 12.1 Å². The normalized spacial score (nSPS) is 9.83. The second-order valence-corrected chi connectivity index (χ2v) is 3.21. The van der Waals surface area contributed by atoms with Crippen LogP contribution in [0.5, 0.6) is 11.5 Å². The number of hydrogen-bond donors (Lipinski definition) is 1. The van der Waals surface area contributed by atoms with Crippen molar-refractivity contribution in [1.82, 2.24) is 5.43 Å². The molecule has 94 valence electrons. The Labute approximate surface area is 105 Å². The summed E-state index contributed by atoms with van der Waals surface area (Å²) in [7, 11) is 3.05. The maximum Gasteiger partial charge on any atom is 0.254 e. The van der Waals surface area contributed by atoms with E-state index >= 15 is 0 Å². The summed E-state index contributed by atoms with van der Waals surface area (Å²) in [6.07, 6.45) is 1.20. The third-order valence-electron chi connectivity index (χ3n) is 2.07. The van der Waals surface area contributed by atoms with Gasteiger partial charge in [-0.1, -0.05) is 6.07 Å². The number of rotatable bonds is 5. The van der Waals surface area contributed by atoms with Gasteiger partial charge in [-0.05, 0) is 12.1 Å². The number of ether oxygens (including phenoxy) is 2. The van der Waals surface area contributed by atoms with Crippen molar-refractivity contribution in [3.8, 4) is 17.6 Å². The summed E-state index contributed by atoms with van der Waals surface area (Å²) in [5.74, 6) is 0.638. The van der Waals surface area contributed by atoms with Crippen LogP contribution >= 0.6 is 0 Å². The number of nitrogens with zero attached hydrogens (tertiary/aromatic N) is 2. The van der Waals surface area contributed by atoms with Gasteiger partial charge in [-0.2, -0.15) is 10.4 Å². The lowest BCUT2D eigenvalue weighted by Gasteiger charge is -2.09. The molecule has 0 unspecified atom stereocenters. The number of carbonyl (C=O) groups is 1. The van der Waals surface area contributed by atoms with Crippen molar-refractivity contribution in [2.45, 2.75) is 6.42 Å². The molecule has 1 amide bonds. The van der Waals surface area contributed by atoms with E-state index < -0.39 is 5.91 Å². The molecule has 0 saturated heterocycles. The summed E-state index contributed by atoms with van der Waals surface area (Å²) < 4.78 is 10.3. The number of hydrazone groups is 1. The van der Waals surface area contributed by atoms with Gasteiger partial charge in [-0.15, -0.1) is 0 Å². The monoisotopic (exact) mass is 247 g/mol. The second kappa shape index (κ2) is 6.91. The molecule has 1 aromatic carbocycles. The molecule has 1 rings (SSSR count). The minimum atomic E-state index is -0.462. The number of carbonyl (C=O) groups excluding carboxylic acids is 1. The van der Waals surface area contributed by atoms with Gasteiger partial charge in [0.1, 0.15) is 6.42 Å². The second-order valence-electron chi connectivity index (χ2n) is 3.21. The Bertz CT molecular complexity index is 492. The molecule has 6 heteroatoms. The third kappa shape index (κ3) is 3.49. The number of nitriles is 1. The van der Waals surface area contributed by atoms with Crippen molar-refractivity contribution in [3.05, 3.63) is 23.8 Å². The molecule has 1 N–H and O–H groups in total. The molecular weight excluding hydrogens is 234 g/mol. The number of methoxy groups -OCH3 is 2. The van der Waals surface area contributed by atoms with Crippen LogP contribution in [0.3, 0.4) is 0 Å². The Balaban J connectivity index is 2.81. The van der Waals surface area contributed by atoms with Crippen molar-refractivity contribution in [2.75, 3.05) is 14.2 Å². The zero-order valence-electron chi connectivity index (χ0n) is 10.1. The van der Waals surface area contributed by atoms with E-state index in [2.05, 4.69) is 10.5 Å². The average Bonchev–Trinajstić information content (AvgIpc) is 2.38. The fraction of sp³-hybridized carbons (Fsp3) is 0.250. The van der Waals surface area contributed by atoms with Gasteiger partial charge >= 0.3 is 0 Å². The summed E-state index contributed by atoms with van der Waals surface area (Å²) in [5.41, 5.74) is 2.89. The fourth-order valence-electron chi connectivity index (χ4n) is 1.30. The Morgan fingerprint density at radius 2 is 2.28 bits per heavy atom. The van der Waals surface area contributed by atoms with Crippen molar-refractivity contribution in [1.29, 1.82) is 5.26 Å². The summed E-state index contributed by atoms with van der Waals surface area (Å²) in [4.78, 5) is 11.0. The van der Waals surface area contributed by atoms with Gasteiger partial charge in [0.15, 0.2) is 11.5 Å². The molecule has 0 atom stereocenters. The quantitative estimate of drug-likeness (QED) is 0.623. The highest BCUT2D eigenvalue weighted by Gasteiger charge is 2.07. The molecule has 0 fully saturated rings. The van der Waals surface area contributed by atoms with Crippen molar-refractivity contribution in [3.63, 3.8) is 0 Å². The SMILES string of the molecule is COc1cccc(/C=N\NC(=O)CC#N)c1OC. The highest BCUT2D eigenvalue weighted by molar-refractivity contribution is 5.86. The van der Waals surface area contributed by atoms with Crippen molar-refractivity contribution < 1.29 is 14.3 Å². The maximum atomic E-state index is 11.0. The fourth-order valence-corrected chi connectivity index (χ4v) is 1.30. The Hall–Kier alpha value is -2.55. The first-order valence-electron chi connectivity index (χ1n) is 5.12. The predicted molar refractivity (Wildman–Crippen MR) is 65.5 cm³/mol. The maximum absolute atomic E-state index is 11.0. The van der Waals surface area contributed by atoms with Gasteiger partial charge in [-0.3, -0.25) is 4.79 Å². The minimum absolute atomic E-state index is 0.230. The summed E-state index contributed by atoms with van der Waals surface area (Å²) >= 11 is 0. The van der Waals surface area contributed by atoms with Crippen LogP contribution in [0.4, 0.5) is 0 Å². The first kappa shape index (κ1) is 13.5. The van der Waals surface area contributed by atoms with Gasteiger partial charge in [0.2, 0.25) is 0 Å². The molecule has 0 bridgehead atoms. The third-order valence-corrected chi connectivity index (χ3v) is 2.07. The van der Waals surface area contributed by atoms with Gasteiger partial charge in [0.05, 0.1) is 26.5 Å². The van der Waals surface area contributed by atoms with E-state index in [4.69, 9.17) is 14.7 Å². The molecule has 6 nitrogen and oxygen atoms in total. The topological polar surface area (TPSA) is 83.7 Å². The molecule has 0 radical (unpaired) electrons. The lowest BCUT2D eigenvalue weighted by molar-refractivity contribution is -0.120. The molecule has 0 aromatic heterocycles. The molecule has 0 spiro atoms. The first-order chi connectivity index (χ1) is 8.72. The van der Waals surface area contributed by atoms with Crippen LogP contribution in [0.15, 0.2) is 23.3 Å². The average molecular weight is 247 g/mol. The van der Waals surface area contributed by atoms with Crippen molar-refractivity contribution in [2.24, 2.45) is 5.10 Å². The van der Waals surface area contributed by atoms with E-state index in [1.54, 1.807) is 24.3 Å². The highest BCUT2D eigenvalue weighted by Crippen LogP contribution is 2.29. The molecule has 0 heterocycles.